The minimum Gasteiger partial charge on any atom is -0.485 e. The molecule has 0 radical (unpaired) electrons. The molecule has 30 heavy (non-hydrogen) atoms. The third-order valence-electron chi connectivity index (χ3n) is 4.89. The summed E-state index contributed by atoms with van der Waals surface area (Å²) in [5.74, 6) is 0.998. The van der Waals surface area contributed by atoms with Gasteiger partial charge in [0.2, 0.25) is 6.10 Å². The molecule has 2 aliphatic rings. The second kappa shape index (κ2) is 7.89. The van der Waals surface area contributed by atoms with Gasteiger partial charge in [0.05, 0.1) is 11.4 Å². The highest BCUT2D eigenvalue weighted by Crippen LogP contribution is 2.36. The molecule has 7 nitrogen and oxygen atoms in total. The second-order valence-corrected chi connectivity index (χ2v) is 8.33. The largest absolute Gasteiger partial charge is 0.485 e. The van der Waals surface area contributed by atoms with E-state index < -0.39 is 17.8 Å². The first-order valence-electron chi connectivity index (χ1n) is 10.1. The van der Waals surface area contributed by atoms with Gasteiger partial charge < -0.3 is 19.1 Å². The van der Waals surface area contributed by atoms with Crippen LogP contribution in [0.25, 0.3) is 0 Å². The summed E-state index contributed by atoms with van der Waals surface area (Å²) < 4.78 is 17.2. The van der Waals surface area contributed by atoms with E-state index in [9.17, 15) is 9.59 Å². The zero-order valence-corrected chi connectivity index (χ0v) is 17.5. The summed E-state index contributed by atoms with van der Waals surface area (Å²) in [6.45, 7) is 6.58. The fourth-order valence-electron chi connectivity index (χ4n) is 3.60. The lowest BCUT2D eigenvalue weighted by atomic mass is 10.2. The molecule has 1 atom stereocenters. The topological polar surface area (TPSA) is 68.3 Å². The summed E-state index contributed by atoms with van der Waals surface area (Å²) in [6.07, 6.45) is -0.555. The molecule has 0 fully saturated rings. The lowest BCUT2D eigenvalue weighted by molar-refractivity contribution is -0.127. The van der Waals surface area contributed by atoms with Crippen LogP contribution < -0.4 is 19.3 Å². The van der Waals surface area contributed by atoms with Crippen molar-refractivity contribution >= 4 is 23.4 Å². The maximum Gasteiger partial charge on any atom is 0.414 e. The van der Waals surface area contributed by atoms with Crippen molar-refractivity contribution < 1.29 is 23.8 Å². The normalized spacial score (nSPS) is 18.3. The van der Waals surface area contributed by atoms with Crippen molar-refractivity contribution in [1.29, 1.82) is 0 Å². The Hall–Kier alpha value is -3.22. The molecule has 2 aromatic rings. The van der Waals surface area contributed by atoms with Gasteiger partial charge in [-0.1, -0.05) is 24.3 Å². The molecule has 2 aromatic carbocycles. The Bertz CT molecular complexity index is 953. The van der Waals surface area contributed by atoms with Crippen molar-refractivity contribution in [2.75, 3.05) is 29.5 Å². The Labute approximate surface area is 176 Å². The lowest BCUT2D eigenvalue weighted by Gasteiger charge is -2.31. The average Bonchev–Trinajstić information content (AvgIpc) is 2.91. The molecule has 2 amide bonds. The standard InChI is InChI=1S/C23H26N2O5/c1-23(2,3)30-22(27)25-14-8-13-24(16-9-4-5-10-17(16)25)21(26)20-15-28-18-11-6-7-12-19(18)29-20/h4-7,9-12,20H,8,13-15H2,1-3H3. The number of amides is 2. The van der Waals surface area contributed by atoms with Crippen molar-refractivity contribution in [3.05, 3.63) is 48.5 Å². The first-order valence-corrected chi connectivity index (χ1v) is 10.1. The van der Waals surface area contributed by atoms with Crippen LogP contribution in [0.1, 0.15) is 27.2 Å². The molecule has 0 aromatic heterocycles. The molecule has 158 valence electrons. The summed E-state index contributed by atoms with van der Waals surface area (Å²) in [4.78, 5) is 29.5. The number of hydrogen-bond donors (Lipinski definition) is 0. The van der Waals surface area contributed by atoms with Gasteiger partial charge in [-0.15, -0.1) is 0 Å². The molecule has 0 saturated carbocycles. The van der Waals surface area contributed by atoms with Crippen molar-refractivity contribution in [2.24, 2.45) is 0 Å². The number of anilines is 2. The van der Waals surface area contributed by atoms with E-state index in [4.69, 9.17) is 14.2 Å². The van der Waals surface area contributed by atoms with Crippen molar-refractivity contribution in [3.63, 3.8) is 0 Å². The van der Waals surface area contributed by atoms with Gasteiger partial charge in [0.25, 0.3) is 5.91 Å². The van der Waals surface area contributed by atoms with E-state index in [1.807, 2.05) is 63.2 Å². The number of hydrogen-bond acceptors (Lipinski definition) is 5. The third kappa shape index (κ3) is 4.06. The number of ether oxygens (including phenoxy) is 3. The van der Waals surface area contributed by atoms with Gasteiger partial charge >= 0.3 is 6.09 Å². The van der Waals surface area contributed by atoms with Crippen LogP contribution in [0, 0.1) is 0 Å². The number of nitrogens with zero attached hydrogens (tertiary/aromatic N) is 2. The van der Waals surface area contributed by atoms with Gasteiger partial charge in [-0.25, -0.2) is 4.79 Å². The van der Waals surface area contributed by atoms with Gasteiger partial charge in [0, 0.05) is 13.1 Å². The summed E-state index contributed by atoms with van der Waals surface area (Å²) >= 11 is 0. The predicted molar refractivity (Wildman–Crippen MR) is 113 cm³/mol. The molecular weight excluding hydrogens is 384 g/mol. The average molecular weight is 410 g/mol. The quantitative estimate of drug-likeness (QED) is 0.711. The highest BCUT2D eigenvalue weighted by Gasteiger charge is 2.35. The first-order chi connectivity index (χ1) is 14.3. The van der Waals surface area contributed by atoms with Crippen LogP contribution in [0.4, 0.5) is 16.2 Å². The Balaban J connectivity index is 1.60. The Morgan fingerprint density at radius 3 is 2.23 bits per heavy atom. The van der Waals surface area contributed by atoms with Crippen LogP contribution >= 0.6 is 0 Å². The van der Waals surface area contributed by atoms with Crippen molar-refractivity contribution in [2.45, 2.75) is 38.9 Å². The molecule has 0 saturated heterocycles. The first kappa shape index (κ1) is 20.1. The van der Waals surface area contributed by atoms with E-state index in [1.54, 1.807) is 15.9 Å². The van der Waals surface area contributed by atoms with Crippen molar-refractivity contribution in [3.8, 4) is 11.5 Å². The van der Waals surface area contributed by atoms with E-state index in [0.29, 0.717) is 42.4 Å². The number of carbonyl (C=O) groups is 2. The van der Waals surface area contributed by atoms with Crippen LogP contribution in [0.5, 0.6) is 11.5 Å². The van der Waals surface area contributed by atoms with Crippen LogP contribution in [-0.2, 0) is 9.53 Å². The van der Waals surface area contributed by atoms with Gasteiger partial charge in [-0.3, -0.25) is 9.69 Å². The third-order valence-corrected chi connectivity index (χ3v) is 4.89. The van der Waals surface area contributed by atoms with E-state index in [1.165, 1.54) is 0 Å². The molecular formula is C23H26N2O5. The SMILES string of the molecule is CC(C)(C)OC(=O)N1CCCN(C(=O)C2COc3ccccc3O2)c2ccccc21. The summed E-state index contributed by atoms with van der Waals surface area (Å²) in [5.41, 5.74) is 0.706. The summed E-state index contributed by atoms with van der Waals surface area (Å²) in [7, 11) is 0. The van der Waals surface area contributed by atoms with Crippen LogP contribution in [0.15, 0.2) is 48.5 Å². The maximum atomic E-state index is 13.4. The number of benzene rings is 2. The molecule has 2 heterocycles. The highest BCUT2D eigenvalue weighted by molar-refractivity contribution is 6.03. The Morgan fingerprint density at radius 1 is 0.933 bits per heavy atom. The summed E-state index contributed by atoms with van der Waals surface area (Å²) in [6, 6.07) is 14.7. The van der Waals surface area contributed by atoms with E-state index >= 15 is 0 Å². The van der Waals surface area contributed by atoms with E-state index in [0.717, 1.165) is 0 Å². The fourth-order valence-corrected chi connectivity index (χ4v) is 3.60. The molecule has 0 aliphatic carbocycles. The molecule has 0 bridgehead atoms. The Morgan fingerprint density at radius 2 is 1.53 bits per heavy atom. The smallest absolute Gasteiger partial charge is 0.414 e. The number of para-hydroxylation sites is 4. The van der Waals surface area contributed by atoms with Crippen LogP contribution in [-0.4, -0.2) is 43.4 Å². The number of rotatable bonds is 1. The molecule has 4 rings (SSSR count). The maximum absolute atomic E-state index is 13.4. The minimum absolute atomic E-state index is 0.143. The van der Waals surface area contributed by atoms with Crippen LogP contribution in [0.3, 0.4) is 0 Å². The summed E-state index contributed by atoms with van der Waals surface area (Å²) in [5, 5.41) is 0. The van der Waals surface area contributed by atoms with Gasteiger partial charge in [-0.05, 0) is 51.5 Å². The predicted octanol–water partition coefficient (Wildman–Crippen LogP) is 4.00. The lowest BCUT2D eigenvalue weighted by Crippen LogP contribution is -2.46. The highest BCUT2D eigenvalue weighted by atomic mass is 16.6. The van der Waals surface area contributed by atoms with Crippen LogP contribution in [0.2, 0.25) is 0 Å². The number of fused-ring (bicyclic) bond motifs is 2. The zero-order valence-electron chi connectivity index (χ0n) is 17.5. The molecule has 0 spiro atoms. The molecule has 7 heteroatoms. The molecule has 1 unspecified atom stereocenters. The van der Waals surface area contributed by atoms with Gasteiger partial charge in [0.1, 0.15) is 12.2 Å². The fraction of sp³-hybridized carbons (Fsp3) is 0.391. The van der Waals surface area contributed by atoms with Crippen molar-refractivity contribution in [1.82, 2.24) is 0 Å². The zero-order chi connectivity index (χ0) is 21.3. The second-order valence-electron chi connectivity index (χ2n) is 8.33. The van der Waals surface area contributed by atoms with E-state index in [2.05, 4.69) is 0 Å². The Kier molecular flexibility index (Phi) is 5.28. The molecule has 2 aliphatic heterocycles. The van der Waals surface area contributed by atoms with Gasteiger partial charge in [0.15, 0.2) is 11.5 Å². The van der Waals surface area contributed by atoms with Gasteiger partial charge in [-0.2, -0.15) is 0 Å². The minimum atomic E-state index is -0.749. The molecule has 0 N–H and O–H groups in total. The van der Waals surface area contributed by atoms with E-state index in [-0.39, 0.29) is 12.5 Å². The number of carbonyl (C=O) groups excluding carboxylic acids is 2. The monoisotopic (exact) mass is 410 g/mol.